The predicted molar refractivity (Wildman–Crippen MR) is 76.6 cm³/mol. The summed E-state index contributed by atoms with van der Waals surface area (Å²) in [6.07, 6.45) is 1.48. The molecule has 0 atom stereocenters. The molecule has 0 spiro atoms. The summed E-state index contributed by atoms with van der Waals surface area (Å²) in [4.78, 5) is 22.6. The van der Waals surface area contributed by atoms with Gasteiger partial charge in [-0.2, -0.15) is 0 Å². The Morgan fingerprint density at radius 3 is 2.75 bits per heavy atom. The molecule has 1 aliphatic rings. The number of carboxylic acids is 1. The highest BCUT2D eigenvalue weighted by atomic mass is 79.9. The molecular formula is C14H16BrNO4. The van der Waals surface area contributed by atoms with Gasteiger partial charge in [0.25, 0.3) is 0 Å². The molecule has 0 radical (unpaired) electrons. The maximum Gasteiger partial charge on any atom is 0.311 e. The van der Waals surface area contributed by atoms with Crippen LogP contribution < -0.4 is 10.1 Å². The summed E-state index contributed by atoms with van der Waals surface area (Å²) in [5, 5.41) is 11.6. The second kappa shape index (κ2) is 6.26. The van der Waals surface area contributed by atoms with Gasteiger partial charge in [-0.3, -0.25) is 9.59 Å². The van der Waals surface area contributed by atoms with Crippen molar-refractivity contribution >= 4 is 27.8 Å². The molecule has 108 valence electrons. The highest BCUT2D eigenvalue weighted by molar-refractivity contribution is 9.10. The molecule has 6 heteroatoms. The van der Waals surface area contributed by atoms with E-state index in [-0.39, 0.29) is 25.5 Å². The fourth-order valence-electron chi connectivity index (χ4n) is 1.79. The minimum Gasteiger partial charge on any atom is -0.493 e. The summed E-state index contributed by atoms with van der Waals surface area (Å²) >= 11 is 3.34. The van der Waals surface area contributed by atoms with Gasteiger partial charge >= 0.3 is 5.97 Å². The van der Waals surface area contributed by atoms with Crippen molar-refractivity contribution in [3.05, 3.63) is 28.7 Å². The molecule has 1 aromatic carbocycles. The molecule has 0 aliphatic heterocycles. The van der Waals surface area contributed by atoms with Crippen molar-refractivity contribution in [3.8, 4) is 5.75 Å². The molecule has 2 rings (SSSR count). The summed E-state index contributed by atoms with van der Waals surface area (Å²) in [5.74, 6) is -0.327. The first-order valence-corrected chi connectivity index (χ1v) is 7.20. The normalized spacial score (nSPS) is 15.4. The van der Waals surface area contributed by atoms with E-state index >= 15 is 0 Å². The van der Waals surface area contributed by atoms with Crippen LogP contribution in [-0.2, 0) is 9.59 Å². The molecular weight excluding hydrogens is 326 g/mol. The number of hydrogen-bond acceptors (Lipinski definition) is 3. The predicted octanol–water partition coefficient (Wildman–Crippen LogP) is 2.20. The smallest absolute Gasteiger partial charge is 0.311 e. The second-order valence-electron chi connectivity index (χ2n) is 4.92. The SMILES string of the molecule is O=C(CCOc1cccc(Br)c1)NCC1(C(=O)O)CC1. The van der Waals surface area contributed by atoms with Gasteiger partial charge in [-0.1, -0.05) is 22.0 Å². The lowest BCUT2D eigenvalue weighted by Gasteiger charge is -2.11. The average molecular weight is 342 g/mol. The fraction of sp³-hybridized carbons (Fsp3) is 0.429. The van der Waals surface area contributed by atoms with Gasteiger partial charge in [0.05, 0.1) is 18.4 Å². The first kappa shape index (κ1) is 14.8. The van der Waals surface area contributed by atoms with Gasteiger partial charge in [0.2, 0.25) is 5.91 Å². The standard InChI is InChI=1S/C14H16BrNO4/c15-10-2-1-3-11(8-10)20-7-4-12(17)16-9-14(5-6-14)13(18)19/h1-3,8H,4-7,9H2,(H,16,17)(H,18,19). The Kier molecular flexibility index (Phi) is 4.65. The lowest BCUT2D eigenvalue weighted by Crippen LogP contribution is -2.34. The molecule has 0 aromatic heterocycles. The van der Waals surface area contributed by atoms with Gasteiger partial charge in [-0.25, -0.2) is 0 Å². The minimum absolute atomic E-state index is 0.187. The maximum atomic E-state index is 11.6. The zero-order chi connectivity index (χ0) is 14.6. The van der Waals surface area contributed by atoms with E-state index in [4.69, 9.17) is 9.84 Å². The Balaban J connectivity index is 1.67. The van der Waals surface area contributed by atoms with Crippen LogP contribution in [0.25, 0.3) is 0 Å². The molecule has 0 unspecified atom stereocenters. The van der Waals surface area contributed by atoms with Gasteiger partial charge < -0.3 is 15.2 Å². The summed E-state index contributed by atoms with van der Waals surface area (Å²) in [6, 6.07) is 7.37. The molecule has 1 amide bonds. The van der Waals surface area contributed by atoms with E-state index in [1.54, 1.807) is 0 Å². The summed E-state index contributed by atoms with van der Waals surface area (Å²) in [5.41, 5.74) is -0.721. The van der Waals surface area contributed by atoms with Crippen molar-refractivity contribution in [2.75, 3.05) is 13.2 Å². The summed E-state index contributed by atoms with van der Waals surface area (Å²) in [6.45, 7) is 0.473. The van der Waals surface area contributed by atoms with Crippen LogP contribution >= 0.6 is 15.9 Å². The number of hydrogen-bond donors (Lipinski definition) is 2. The van der Waals surface area contributed by atoms with Crippen molar-refractivity contribution < 1.29 is 19.4 Å². The molecule has 0 saturated heterocycles. The van der Waals surface area contributed by atoms with E-state index in [9.17, 15) is 9.59 Å². The first-order chi connectivity index (χ1) is 9.52. The van der Waals surface area contributed by atoms with E-state index in [0.717, 1.165) is 4.47 Å². The Morgan fingerprint density at radius 2 is 2.15 bits per heavy atom. The van der Waals surface area contributed by atoms with Crippen LogP contribution in [0.5, 0.6) is 5.75 Å². The lowest BCUT2D eigenvalue weighted by atomic mass is 10.1. The van der Waals surface area contributed by atoms with Crippen LogP contribution in [0.3, 0.4) is 0 Å². The summed E-state index contributed by atoms with van der Waals surface area (Å²) in [7, 11) is 0. The Morgan fingerprint density at radius 1 is 1.40 bits per heavy atom. The Bertz CT molecular complexity index is 514. The monoisotopic (exact) mass is 341 g/mol. The van der Waals surface area contributed by atoms with Crippen molar-refractivity contribution in [2.24, 2.45) is 5.41 Å². The molecule has 0 bridgehead atoms. The molecule has 2 N–H and O–H groups in total. The van der Waals surface area contributed by atoms with Crippen molar-refractivity contribution in [2.45, 2.75) is 19.3 Å². The number of aliphatic carboxylic acids is 1. The van der Waals surface area contributed by atoms with E-state index < -0.39 is 11.4 Å². The molecule has 5 nitrogen and oxygen atoms in total. The van der Waals surface area contributed by atoms with Crippen LogP contribution in [0.15, 0.2) is 28.7 Å². The van der Waals surface area contributed by atoms with Crippen molar-refractivity contribution in [1.82, 2.24) is 5.32 Å². The van der Waals surface area contributed by atoms with Crippen LogP contribution in [-0.4, -0.2) is 30.1 Å². The number of amides is 1. The van der Waals surface area contributed by atoms with Gasteiger partial charge in [-0.05, 0) is 31.0 Å². The van der Waals surface area contributed by atoms with E-state index in [0.29, 0.717) is 18.6 Å². The Hall–Kier alpha value is -1.56. The van der Waals surface area contributed by atoms with Gasteiger partial charge in [0.1, 0.15) is 5.75 Å². The van der Waals surface area contributed by atoms with Gasteiger partial charge in [0.15, 0.2) is 0 Å². The van der Waals surface area contributed by atoms with Crippen molar-refractivity contribution in [1.29, 1.82) is 0 Å². The van der Waals surface area contributed by atoms with E-state index in [1.807, 2.05) is 24.3 Å². The topological polar surface area (TPSA) is 75.6 Å². The highest BCUT2D eigenvalue weighted by Gasteiger charge is 2.50. The first-order valence-electron chi connectivity index (χ1n) is 6.40. The number of carboxylic acid groups (broad SMARTS) is 1. The number of nitrogens with one attached hydrogen (secondary N) is 1. The number of rotatable bonds is 7. The number of carbonyl (C=O) groups is 2. The molecule has 1 fully saturated rings. The third kappa shape index (κ3) is 3.96. The van der Waals surface area contributed by atoms with Crippen LogP contribution in [0, 0.1) is 5.41 Å². The summed E-state index contributed by atoms with van der Waals surface area (Å²) < 4.78 is 6.36. The molecule has 1 aliphatic carbocycles. The van der Waals surface area contributed by atoms with Crippen LogP contribution in [0.2, 0.25) is 0 Å². The number of carbonyl (C=O) groups excluding carboxylic acids is 1. The third-order valence-corrected chi connectivity index (χ3v) is 3.82. The van der Waals surface area contributed by atoms with E-state index in [1.165, 1.54) is 0 Å². The van der Waals surface area contributed by atoms with Crippen LogP contribution in [0.4, 0.5) is 0 Å². The molecule has 0 heterocycles. The number of halogens is 1. The zero-order valence-corrected chi connectivity index (χ0v) is 12.5. The second-order valence-corrected chi connectivity index (χ2v) is 5.83. The van der Waals surface area contributed by atoms with Gasteiger partial charge in [-0.15, -0.1) is 0 Å². The Labute approximate surface area is 125 Å². The molecule has 20 heavy (non-hydrogen) atoms. The average Bonchev–Trinajstić information content (AvgIpc) is 3.18. The van der Waals surface area contributed by atoms with Gasteiger partial charge in [0, 0.05) is 11.0 Å². The third-order valence-electron chi connectivity index (χ3n) is 3.33. The maximum absolute atomic E-state index is 11.6. The van der Waals surface area contributed by atoms with E-state index in [2.05, 4.69) is 21.2 Å². The van der Waals surface area contributed by atoms with Crippen molar-refractivity contribution in [3.63, 3.8) is 0 Å². The quantitative estimate of drug-likeness (QED) is 0.797. The zero-order valence-electron chi connectivity index (χ0n) is 10.9. The number of ether oxygens (including phenoxy) is 1. The lowest BCUT2D eigenvalue weighted by molar-refractivity contribution is -0.143. The van der Waals surface area contributed by atoms with Crippen LogP contribution in [0.1, 0.15) is 19.3 Å². The minimum atomic E-state index is -0.830. The molecule has 1 saturated carbocycles. The number of benzene rings is 1. The molecule has 1 aromatic rings. The highest BCUT2D eigenvalue weighted by Crippen LogP contribution is 2.45. The fourth-order valence-corrected chi connectivity index (χ4v) is 2.17. The largest absolute Gasteiger partial charge is 0.493 e.